The fourth-order valence-electron chi connectivity index (χ4n) is 1.98. The lowest BCUT2D eigenvalue weighted by atomic mass is 10.0. The van der Waals surface area contributed by atoms with E-state index in [2.05, 4.69) is 22.2 Å². The van der Waals surface area contributed by atoms with Gasteiger partial charge in [0.05, 0.1) is 16.8 Å². The summed E-state index contributed by atoms with van der Waals surface area (Å²) in [5.41, 5.74) is 7.81. The first-order valence-corrected chi connectivity index (χ1v) is 6.62. The van der Waals surface area contributed by atoms with E-state index in [0.717, 1.165) is 24.2 Å². The van der Waals surface area contributed by atoms with E-state index in [4.69, 9.17) is 17.3 Å². The molecule has 0 bridgehead atoms. The van der Waals surface area contributed by atoms with Gasteiger partial charge in [-0.15, -0.1) is 0 Å². The Morgan fingerprint density at radius 3 is 2.79 bits per heavy atom. The lowest BCUT2D eigenvalue weighted by molar-refractivity contribution is 0.536. The van der Waals surface area contributed by atoms with Crippen molar-refractivity contribution in [2.75, 3.05) is 12.3 Å². The molecule has 0 aromatic carbocycles. The highest BCUT2D eigenvalue weighted by molar-refractivity contribution is 6.30. The molecule has 19 heavy (non-hydrogen) atoms. The van der Waals surface area contributed by atoms with Gasteiger partial charge in [-0.05, 0) is 42.8 Å². The van der Waals surface area contributed by atoms with Crippen molar-refractivity contribution < 1.29 is 0 Å². The zero-order valence-electron chi connectivity index (χ0n) is 10.8. The van der Waals surface area contributed by atoms with Crippen LogP contribution in [0.3, 0.4) is 0 Å². The molecule has 2 rings (SSSR count). The van der Waals surface area contributed by atoms with Gasteiger partial charge in [0, 0.05) is 12.4 Å². The fraction of sp³-hybridized carbons (Fsp3) is 0.286. The summed E-state index contributed by atoms with van der Waals surface area (Å²) in [6, 6.07) is 7.80. The van der Waals surface area contributed by atoms with Crippen LogP contribution in [0.2, 0.25) is 5.02 Å². The molecule has 100 valence electrons. The summed E-state index contributed by atoms with van der Waals surface area (Å²) in [4.78, 5) is 8.38. The van der Waals surface area contributed by atoms with E-state index in [1.165, 1.54) is 0 Å². The van der Waals surface area contributed by atoms with Crippen LogP contribution in [0.15, 0.2) is 36.7 Å². The molecule has 0 aliphatic rings. The lowest BCUT2D eigenvalue weighted by Gasteiger charge is -2.17. The number of pyridine rings is 2. The molecule has 1 atom stereocenters. The van der Waals surface area contributed by atoms with E-state index in [1.807, 2.05) is 24.3 Å². The Hall–Kier alpha value is -1.65. The number of rotatable bonds is 5. The molecule has 0 aliphatic heterocycles. The van der Waals surface area contributed by atoms with Crippen molar-refractivity contribution >= 4 is 17.4 Å². The molecule has 5 heteroatoms. The second kappa shape index (κ2) is 6.50. The summed E-state index contributed by atoms with van der Waals surface area (Å²) in [5, 5.41) is 4.07. The van der Waals surface area contributed by atoms with Crippen molar-refractivity contribution in [1.29, 1.82) is 0 Å². The molecular weight excluding hydrogens is 260 g/mol. The molecule has 4 nitrogen and oxygen atoms in total. The minimum atomic E-state index is 0.143. The average Bonchev–Trinajstić information content (AvgIpc) is 2.39. The van der Waals surface area contributed by atoms with Gasteiger partial charge in [0.15, 0.2) is 0 Å². The molecule has 2 heterocycles. The molecular formula is C14H17ClN4. The zero-order valence-corrected chi connectivity index (χ0v) is 11.6. The second-order valence-corrected chi connectivity index (χ2v) is 4.74. The molecule has 1 unspecified atom stereocenters. The monoisotopic (exact) mass is 276 g/mol. The molecule has 3 N–H and O–H groups in total. The molecule has 0 spiro atoms. The van der Waals surface area contributed by atoms with Crippen molar-refractivity contribution in [3.63, 3.8) is 0 Å². The molecule has 0 radical (unpaired) electrons. The standard InChI is InChI=1S/C14H17ClN4/c1-2-17-13(12-4-3-11(15)9-19-12)7-10-5-6-18-14(16)8-10/h3-6,8-9,13,17H,2,7H2,1H3,(H2,16,18). The van der Waals surface area contributed by atoms with Crippen molar-refractivity contribution in [2.45, 2.75) is 19.4 Å². The second-order valence-electron chi connectivity index (χ2n) is 4.30. The van der Waals surface area contributed by atoms with E-state index in [-0.39, 0.29) is 6.04 Å². The molecule has 0 saturated carbocycles. The van der Waals surface area contributed by atoms with Crippen LogP contribution in [-0.2, 0) is 6.42 Å². The quantitative estimate of drug-likeness (QED) is 0.881. The van der Waals surface area contributed by atoms with Crippen molar-refractivity contribution in [3.05, 3.63) is 52.9 Å². The van der Waals surface area contributed by atoms with Crippen LogP contribution in [0, 0.1) is 0 Å². The molecule has 2 aromatic rings. The Kier molecular flexibility index (Phi) is 4.71. The van der Waals surface area contributed by atoms with Crippen LogP contribution in [0.25, 0.3) is 0 Å². The Morgan fingerprint density at radius 1 is 1.32 bits per heavy atom. The summed E-state index contributed by atoms with van der Waals surface area (Å²) in [5.74, 6) is 0.539. The van der Waals surface area contributed by atoms with E-state index < -0.39 is 0 Å². The first-order chi connectivity index (χ1) is 9.19. The van der Waals surface area contributed by atoms with Crippen LogP contribution in [-0.4, -0.2) is 16.5 Å². The largest absolute Gasteiger partial charge is 0.384 e. The van der Waals surface area contributed by atoms with Gasteiger partial charge in [-0.1, -0.05) is 18.5 Å². The first kappa shape index (κ1) is 13.8. The maximum atomic E-state index is 5.87. The van der Waals surface area contributed by atoms with Crippen molar-refractivity contribution in [3.8, 4) is 0 Å². The number of hydrogen-bond acceptors (Lipinski definition) is 4. The van der Waals surface area contributed by atoms with Crippen LogP contribution >= 0.6 is 11.6 Å². The van der Waals surface area contributed by atoms with Gasteiger partial charge in [-0.2, -0.15) is 0 Å². The third-order valence-electron chi connectivity index (χ3n) is 2.84. The molecule has 0 amide bonds. The van der Waals surface area contributed by atoms with Crippen molar-refractivity contribution in [1.82, 2.24) is 15.3 Å². The molecule has 2 aromatic heterocycles. The zero-order chi connectivity index (χ0) is 13.7. The number of nitrogens with two attached hydrogens (primary N) is 1. The third-order valence-corrected chi connectivity index (χ3v) is 3.07. The Balaban J connectivity index is 2.18. The van der Waals surface area contributed by atoms with Gasteiger partial charge in [0.2, 0.25) is 0 Å². The summed E-state index contributed by atoms with van der Waals surface area (Å²) in [6.45, 7) is 2.94. The minimum absolute atomic E-state index is 0.143. The maximum Gasteiger partial charge on any atom is 0.123 e. The van der Waals surface area contributed by atoms with Gasteiger partial charge in [-0.3, -0.25) is 4.98 Å². The lowest BCUT2D eigenvalue weighted by Crippen LogP contribution is -2.23. The predicted molar refractivity (Wildman–Crippen MR) is 78.0 cm³/mol. The Morgan fingerprint density at radius 2 is 2.16 bits per heavy atom. The van der Waals surface area contributed by atoms with E-state index >= 15 is 0 Å². The number of halogens is 1. The van der Waals surface area contributed by atoms with Crippen LogP contribution in [0.5, 0.6) is 0 Å². The SMILES string of the molecule is CCNC(Cc1ccnc(N)c1)c1ccc(Cl)cn1. The number of anilines is 1. The summed E-state index contributed by atoms with van der Waals surface area (Å²) in [6.07, 6.45) is 4.21. The van der Waals surface area contributed by atoms with E-state index in [0.29, 0.717) is 10.8 Å². The van der Waals surface area contributed by atoms with Gasteiger partial charge >= 0.3 is 0 Å². The first-order valence-electron chi connectivity index (χ1n) is 6.24. The summed E-state index contributed by atoms with van der Waals surface area (Å²) < 4.78 is 0. The average molecular weight is 277 g/mol. The number of nitrogens with zero attached hydrogens (tertiary/aromatic N) is 2. The third kappa shape index (κ3) is 3.91. The van der Waals surface area contributed by atoms with Crippen LogP contribution in [0.4, 0.5) is 5.82 Å². The predicted octanol–water partition coefficient (Wildman–Crippen LogP) is 2.61. The smallest absolute Gasteiger partial charge is 0.123 e. The van der Waals surface area contributed by atoms with E-state index in [1.54, 1.807) is 12.4 Å². The molecule has 0 aliphatic carbocycles. The molecule has 0 fully saturated rings. The Bertz CT molecular complexity index is 527. The summed E-state index contributed by atoms with van der Waals surface area (Å²) >= 11 is 5.87. The highest BCUT2D eigenvalue weighted by atomic mass is 35.5. The fourth-order valence-corrected chi connectivity index (χ4v) is 2.09. The molecule has 0 saturated heterocycles. The topological polar surface area (TPSA) is 63.8 Å². The van der Waals surface area contributed by atoms with Gasteiger partial charge in [-0.25, -0.2) is 4.98 Å². The number of nitrogens with one attached hydrogen (secondary N) is 1. The number of hydrogen-bond donors (Lipinski definition) is 2. The maximum absolute atomic E-state index is 5.87. The van der Waals surface area contributed by atoms with Crippen LogP contribution < -0.4 is 11.1 Å². The van der Waals surface area contributed by atoms with E-state index in [9.17, 15) is 0 Å². The Labute approximate surface area is 118 Å². The number of aromatic nitrogens is 2. The van der Waals surface area contributed by atoms with Gasteiger partial charge in [0.1, 0.15) is 5.82 Å². The van der Waals surface area contributed by atoms with Crippen LogP contribution in [0.1, 0.15) is 24.2 Å². The van der Waals surface area contributed by atoms with Gasteiger partial charge < -0.3 is 11.1 Å². The highest BCUT2D eigenvalue weighted by Crippen LogP contribution is 2.18. The van der Waals surface area contributed by atoms with Crippen molar-refractivity contribution in [2.24, 2.45) is 0 Å². The normalized spacial score (nSPS) is 12.3. The highest BCUT2D eigenvalue weighted by Gasteiger charge is 2.12. The number of likely N-dealkylation sites (N-methyl/N-ethyl adjacent to an activating group) is 1. The summed E-state index contributed by atoms with van der Waals surface area (Å²) in [7, 11) is 0. The minimum Gasteiger partial charge on any atom is -0.384 e. The van der Waals surface area contributed by atoms with Gasteiger partial charge in [0.25, 0.3) is 0 Å². The number of nitrogen functional groups attached to an aromatic ring is 1.